The molecule has 12 heteroatoms. The first kappa shape index (κ1) is 23.9. The van der Waals surface area contributed by atoms with Crippen LogP contribution < -0.4 is 5.32 Å². The van der Waals surface area contributed by atoms with Crippen molar-refractivity contribution in [3.05, 3.63) is 33.5 Å². The molecule has 9 nitrogen and oxygen atoms in total. The fraction of sp³-hybridized carbons (Fsp3) is 0.476. The van der Waals surface area contributed by atoms with E-state index in [2.05, 4.69) is 5.32 Å². The summed E-state index contributed by atoms with van der Waals surface area (Å²) in [6.07, 6.45) is 1.31. The van der Waals surface area contributed by atoms with Crippen molar-refractivity contribution in [2.45, 2.75) is 36.9 Å². The normalized spacial score (nSPS) is 17.5. The highest BCUT2D eigenvalue weighted by Gasteiger charge is 2.34. The van der Waals surface area contributed by atoms with Gasteiger partial charge < -0.3 is 15.0 Å². The minimum Gasteiger partial charge on any atom is -0.465 e. The second kappa shape index (κ2) is 9.53. The van der Waals surface area contributed by atoms with Crippen molar-refractivity contribution in [2.75, 3.05) is 32.1 Å². The van der Waals surface area contributed by atoms with E-state index in [1.54, 1.807) is 22.4 Å². The molecule has 1 N–H and O–H groups in total. The minimum absolute atomic E-state index is 0.0384. The average molecular weight is 512 g/mol. The monoisotopic (exact) mass is 511 g/mol. The molecule has 2 aromatic rings. The Morgan fingerprint density at radius 1 is 1.18 bits per heavy atom. The van der Waals surface area contributed by atoms with E-state index in [0.717, 1.165) is 10.4 Å². The van der Waals surface area contributed by atoms with E-state index in [1.165, 1.54) is 41.0 Å². The van der Waals surface area contributed by atoms with Crippen molar-refractivity contribution in [3.63, 3.8) is 0 Å². The summed E-state index contributed by atoms with van der Waals surface area (Å²) in [6, 6.07) is 3.28. The Balaban J connectivity index is 1.47. The number of piperidine rings is 1. The van der Waals surface area contributed by atoms with E-state index in [9.17, 15) is 22.8 Å². The summed E-state index contributed by atoms with van der Waals surface area (Å²) >= 11 is 2.47. The van der Waals surface area contributed by atoms with Crippen molar-refractivity contribution in [1.29, 1.82) is 0 Å². The Morgan fingerprint density at radius 3 is 2.52 bits per heavy atom. The van der Waals surface area contributed by atoms with E-state index in [-0.39, 0.29) is 30.8 Å². The number of fused-ring (bicyclic) bond motifs is 1. The highest BCUT2D eigenvalue weighted by molar-refractivity contribution is 7.91. The van der Waals surface area contributed by atoms with Gasteiger partial charge in [-0.2, -0.15) is 4.31 Å². The Labute approximate surface area is 200 Å². The molecule has 178 valence electrons. The minimum atomic E-state index is -3.53. The van der Waals surface area contributed by atoms with Crippen molar-refractivity contribution < 1.29 is 27.5 Å². The SMILES string of the molecule is COC(=O)c1c(NC(=O)C2CCN(S(=O)(=O)c3cccs3)CC2)sc2c1CCN(C(C)=O)C2. The summed E-state index contributed by atoms with van der Waals surface area (Å²) in [6.45, 7) is 2.93. The van der Waals surface area contributed by atoms with Crippen LogP contribution in [0.25, 0.3) is 0 Å². The summed E-state index contributed by atoms with van der Waals surface area (Å²) in [7, 11) is -2.24. The first-order valence-electron chi connectivity index (χ1n) is 10.5. The van der Waals surface area contributed by atoms with Gasteiger partial charge in [0, 0.05) is 37.4 Å². The van der Waals surface area contributed by atoms with E-state index in [0.29, 0.717) is 47.1 Å². The third kappa shape index (κ3) is 4.70. The van der Waals surface area contributed by atoms with Gasteiger partial charge in [-0.05, 0) is 36.3 Å². The number of carbonyl (C=O) groups excluding carboxylic acids is 3. The Morgan fingerprint density at radius 2 is 1.91 bits per heavy atom. The maximum Gasteiger partial charge on any atom is 0.341 e. The van der Waals surface area contributed by atoms with Gasteiger partial charge in [0.25, 0.3) is 10.0 Å². The second-order valence-electron chi connectivity index (χ2n) is 7.99. The Bertz CT molecular complexity index is 1160. The molecule has 0 saturated carbocycles. The van der Waals surface area contributed by atoms with Crippen molar-refractivity contribution in [3.8, 4) is 0 Å². The number of anilines is 1. The number of thiophene rings is 2. The molecule has 2 aliphatic heterocycles. The number of carbonyl (C=O) groups is 3. The number of esters is 1. The number of amides is 2. The standard InChI is InChI=1S/C21H25N3O6S3/c1-13(25)23-8-7-15-16(12-23)32-20(18(15)21(27)30-2)22-19(26)14-5-9-24(10-6-14)33(28,29)17-4-3-11-31-17/h3-4,11,14H,5-10,12H2,1-2H3,(H,22,26). The molecule has 0 unspecified atom stereocenters. The lowest BCUT2D eigenvalue weighted by atomic mass is 9.97. The van der Waals surface area contributed by atoms with Crippen molar-refractivity contribution in [1.82, 2.24) is 9.21 Å². The first-order chi connectivity index (χ1) is 15.7. The molecule has 0 spiro atoms. The largest absolute Gasteiger partial charge is 0.465 e. The van der Waals surface area contributed by atoms with Crippen LogP contribution in [0.2, 0.25) is 0 Å². The van der Waals surface area contributed by atoms with Gasteiger partial charge in [-0.1, -0.05) is 6.07 Å². The molecule has 0 aromatic carbocycles. The second-order valence-corrected chi connectivity index (χ2v) is 12.2. The van der Waals surface area contributed by atoms with Gasteiger partial charge in [0.1, 0.15) is 9.21 Å². The zero-order valence-electron chi connectivity index (χ0n) is 18.3. The fourth-order valence-electron chi connectivity index (χ4n) is 4.19. The predicted molar refractivity (Wildman–Crippen MR) is 125 cm³/mol. The van der Waals surface area contributed by atoms with E-state index in [4.69, 9.17) is 4.74 Å². The lowest BCUT2D eigenvalue weighted by Gasteiger charge is -2.30. The zero-order chi connectivity index (χ0) is 23.8. The van der Waals surface area contributed by atoms with Crippen molar-refractivity contribution >= 4 is 55.5 Å². The highest BCUT2D eigenvalue weighted by atomic mass is 32.2. The number of methoxy groups -OCH3 is 1. The maximum absolute atomic E-state index is 13.0. The number of nitrogens with one attached hydrogen (secondary N) is 1. The van der Waals surface area contributed by atoms with Gasteiger partial charge in [-0.3, -0.25) is 9.59 Å². The molecule has 2 aromatic heterocycles. The van der Waals surface area contributed by atoms with Gasteiger partial charge in [0.05, 0.1) is 19.2 Å². The molecule has 0 aliphatic carbocycles. The van der Waals surface area contributed by atoms with Gasteiger partial charge in [0.2, 0.25) is 11.8 Å². The van der Waals surface area contributed by atoms with Crippen LogP contribution in [0.15, 0.2) is 21.7 Å². The lowest BCUT2D eigenvalue weighted by Crippen LogP contribution is -2.41. The molecular weight excluding hydrogens is 486 g/mol. The molecule has 0 radical (unpaired) electrons. The van der Waals surface area contributed by atoms with Crippen LogP contribution in [-0.2, 0) is 37.3 Å². The summed E-state index contributed by atoms with van der Waals surface area (Å²) in [5, 5.41) is 5.04. The van der Waals surface area contributed by atoms with Crippen LogP contribution in [-0.4, -0.2) is 62.2 Å². The van der Waals surface area contributed by atoms with Gasteiger partial charge in [-0.15, -0.1) is 22.7 Å². The molecule has 1 fully saturated rings. The topological polar surface area (TPSA) is 113 Å². The van der Waals surface area contributed by atoms with Crippen LogP contribution in [0.4, 0.5) is 5.00 Å². The average Bonchev–Trinajstić information content (AvgIpc) is 3.46. The number of hydrogen-bond acceptors (Lipinski definition) is 8. The Kier molecular flexibility index (Phi) is 6.89. The molecule has 0 bridgehead atoms. The van der Waals surface area contributed by atoms with Gasteiger partial charge >= 0.3 is 5.97 Å². The summed E-state index contributed by atoms with van der Waals surface area (Å²) in [4.78, 5) is 39.8. The van der Waals surface area contributed by atoms with Crippen LogP contribution >= 0.6 is 22.7 Å². The van der Waals surface area contributed by atoms with Crippen molar-refractivity contribution in [2.24, 2.45) is 5.92 Å². The van der Waals surface area contributed by atoms with Gasteiger partial charge in [0.15, 0.2) is 0 Å². The molecule has 2 aliphatic rings. The van der Waals surface area contributed by atoms with Gasteiger partial charge in [-0.25, -0.2) is 13.2 Å². The predicted octanol–water partition coefficient (Wildman–Crippen LogP) is 2.54. The molecule has 2 amide bonds. The molecule has 1 saturated heterocycles. The lowest BCUT2D eigenvalue weighted by molar-refractivity contribution is -0.129. The smallest absolute Gasteiger partial charge is 0.341 e. The molecular formula is C21H25N3O6S3. The highest BCUT2D eigenvalue weighted by Crippen LogP contribution is 2.38. The van der Waals surface area contributed by atoms with E-state index < -0.39 is 16.0 Å². The quantitative estimate of drug-likeness (QED) is 0.618. The molecule has 33 heavy (non-hydrogen) atoms. The zero-order valence-corrected chi connectivity index (χ0v) is 20.8. The van der Waals surface area contributed by atoms with Crippen LogP contribution in [0, 0.1) is 5.92 Å². The summed E-state index contributed by atoms with van der Waals surface area (Å²) in [5.74, 6) is -1.16. The van der Waals surface area contributed by atoms with Crippen LogP contribution in [0.3, 0.4) is 0 Å². The number of nitrogens with zero attached hydrogens (tertiary/aromatic N) is 2. The summed E-state index contributed by atoms with van der Waals surface area (Å²) < 4.78 is 32.1. The number of rotatable bonds is 5. The first-order valence-corrected chi connectivity index (χ1v) is 13.7. The third-order valence-corrected chi connectivity index (χ3v) is 10.4. The summed E-state index contributed by atoms with van der Waals surface area (Å²) in [5.41, 5.74) is 1.17. The number of ether oxygens (including phenoxy) is 1. The van der Waals surface area contributed by atoms with Crippen LogP contribution in [0.5, 0.6) is 0 Å². The molecule has 4 heterocycles. The maximum atomic E-state index is 13.0. The number of sulfonamides is 1. The van der Waals surface area contributed by atoms with E-state index in [1.807, 2.05) is 0 Å². The van der Waals surface area contributed by atoms with Crippen LogP contribution in [0.1, 0.15) is 40.6 Å². The molecule has 4 rings (SSSR count). The number of hydrogen-bond donors (Lipinski definition) is 1. The third-order valence-electron chi connectivity index (χ3n) is 6.04. The van der Waals surface area contributed by atoms with E-state index >= 15 is 0 Å². The Hall–Kier alpha value is -2.28. The fourth-order valence-corrected chi connectivity index (χ4v) is 8.06. The molecule has 0 atom stereocenters.